The van der Waals surface area contributed by atoms with E-state index in [0.29, 0.717) is 13.2 Å². The number of rotatable bonds is 5. The van der Waals surface area contributed by atoms with Gasteiger partial charge in [-0.05, 0) is 18.2 Å². The highest BCUT2D eigenvalue weighted by atomic mass is 16.5. The van der Waals surface area contributed by atoms with Crippen LogP contribution in [0.25, 0.3) is 0 Å². The number of hydrogen-bond donors (Lipinski definition) is 3. The molecule has 0 bridgehead atoms. The summed E-state index contributed by atoms with van der Waals surface area (Å²) in [5.74, 6) is 0.137. The number of para-hydroxylation sites is 1. The fourth-order valence-electron chi connectivity index (χ4n) is 1.87. The molecule has 19 heavy (non-hydrogen) atoms. The molecule has 2 rings (SSSR count). The molecule has 2 aromatic carbocycles. The monoisotopic (exact) mass is 259 g/mol. The van der Waals surface area contributed by atoms with Gasteiger partial charge in [0.25, 0.3) is 0 Å². The molecule has 0 aliphatic heterocycles. The Bertz CT molecular complexity index is 555. The number of nitrogens with one attached hydrogen (secondary N) is 1. The molecule has 0 atom stereocenters. The first-order chi connectivity index (χ1) is 9.20. The molecular formula is C15H17NO3. The SMILES string of the molecule is COCc1ccccc1NCc1ccc(O)cc1O. The topological polar surface area (TPSA) is 61.7 Å². The van der Waals surface area contributed by atoms with Gasteiger partial charge in [0.05, 0.1) is 6.61 Å². The van der Waals surface area contributed by atoms with E-state index in [9.17, 15) is 10.2 Å². The van der Waals surface area contributed by atoms with Crippen LogP contribution in [0, 0.1) is 0 Å². The fraction of sp³-hybridized carbons (Fsp3) is 0.200. The number of hydrogen-bond acceptors (Lipinski definition) is 4. The minimum absolute atomic E-state index is 0.0565. The Morgan fingerprint density at radius 2 is 1.84 bits per heavy atom. The summed E-state index contributed by atoms with van der Waals surface area (Å²) in [5.41, 5.74) is 2.75. The van der Waals surface area contributed by atoms with Gasteiger partial charge in [0.15, 0.2) is 0 Å². The summed E-state index contributed by atoms with van der Waals surface area (Å²) in [6, 6.07) is 12.4. The van der Waals surface area contributed by atoms with E-state index in [1.165, 1.54) is 6.07 Å². The first kappa shape index (κ1) is 13.2. The minimum atomic E-state index is 0.0565. The molecule has 0 unspecified atom stereocenters. The van der Waals surface area contributed by atoms with Gasteiger partial charge in [-0.3, -0.25) is 0 Å². The predicted molar refractivity (Wildman–Crippen MR) is 74.3 cm³/mol. The van der Waals surface area contributed by atoms with E-state index in [-0.39, 0.29) is 11.5 Å². The van der Waals surface area contributed by atoms with Gasteiger partial charge >= 0.3 is 0 Å². The molecule has 0 aliphatic rings. The highest BCUT2D eigenvalue weighted by molar-refractivity contribution is 5.52. The highest BCUT2D eigenvalue weighted by Gasteiger charge is 2.04. The maximum atomic E-state index is 9.72. The lowest BCUT2D eigenvalue weighted by Gasteiger charge is -2.12. The van der Waals surface area contributed by atoms with E-state index in [1.807, 2.05) is 24.3 Å². The second-order valence-corrected chi connectivity index (χ2v) is 4.26. The van der Waals surface area contributed by atoms with Gasteiger partial charge in [-0.1, -0.05) is 18.2 Å². The Morgan fingerprint density at radius 1 is 1.05 bits per heavy atom. The second kappa shape index (κ2) is 6.11. The quantitative estimate of drug-likeness (QED) is 0.772. The van der Waals surface area contributed by atoms with Crippen LogP contribution >= 0.6 is 0 Å². The van der Waals surface area contributed by atoms with Crippen molar-refractivity contribution in [2.75, 3.05) is 12.4 Å². The zero-order valence-electron chi connectivity index (χ0n) is 10.8. The van der Waals surface area contributed by atoms with Gasteiger partial charge in [0.1, 0.15) is 11.5 Å². The molecule has 4 nitrogen and oxygen atoms in total. The molecule has 100 valence electrons. The molecule has 3 N–H and O–H groups in total. The summed E-state index contributed by atoms with van der Waals surface area (Å²) in [5, 5.41) is 22.2. The van der Waals surface area contributed by atoms with Gasteiger partial charge in [0.2, 0.25) is 0 Å². The summed E-state index contributed by atoms with van der Waals surface area (Å²) < 4.78 is 5.14. The molecule has 0 radical (unpaired) electrons. The maximum absolute atomic E-state index is 9.72. The van der Waals surface area contributed by atoms with Crippen LogP contribution in [0.3, 0.4) is 0 Å². The number of phenolic OH excluding ortho intramolecular Hbond substituents is 2. The maximum Gasteiger partial charge on any atom is 0.124 e. The molecule has 4 heteroatoms. The Balaban J connectivity index is 2.10. The number of anilines is 1. The van der Waals surface area contributed by atoms with Crippen LogP contribution in [0.4, 0.5) is 5.69 Å². The van der Waals surface area contributed by atoms with Crippen LogP contribution in [0.1, 0.15) is 11.1 Å². The first-order valence-corrected chi connectivity index (χ1v) is 6.02. The van der Waals surface area contributed by atoms with Gasteiger partial charge in [0, 0.05) is 36.5 Å². The third-order valence-corrected chi connectivity index (χ3v) is 2.86. The smallest absolute Gasteiger partial charge is 0.124 e. The average Bonchev–Trinajstić information content (AvgIpc) is 2.40. The molecule has 0 fully saturated rings. The number of methoxy groups -OCH3 is 1. The lowest BCUT2D eigenvalue weighted by atomic mass is 10.1. The average molecular weight is 259 g/mol. The molecule has 0 saturated carbocycles. The van der Waals surface area contributed by atoms with Crippen LogP contribution in [0.2, 0.25) is 0 Å². The van der Waals surface area contributed by atoms with Crippen molar-refractivity contribution >= 4 is 5.69 Å². The van der Waals surface area contributed by atoms with Gasteiger partial charge < -0.3 is 20.3 Å². The van der Waals surface area contributed by atoms with E-state index in [1.54, 1.807) is 19.2 Å². The molecular weight excluding hydrogens is 242 g/mol. The zero-order chi connectivity index (χ0) is 13.7. The van der Waals surface area contributed by atoms with Crippen LogP contribution in [-0.4, -0.2) is 17.3 Å². The summed E-state index contributed by atoms with van der Waals surface area (Å²) in [7, 11) is 1.66. The summed E-state index contributed by atoms with van der Waals surface area (Å²) in [6.45, 7) is 1.01. The fourth-order valence-corrected chi connectivity index (χ4v) is 1.87. The second-order valence-electron chi connectivity index (χ2n) is 4.26. The lowest BCUT2D eigenvalue weighted by Crippen LogP contribution is -2.03. The molecule has 0 aromatic heterocycles. The molecule has 0 amide bonds. The van der Waals surface area contributed by atoms with E-state index in [4.69, 9.17) is 4.74 Å². The molecule has 0 spiro atoms. The van der Waals surface area contributed by atoms with Crippen molar-refractivity contribution in [3.05, 3.63) is 53.6 Å². The lowest BCUT2D eigenvalue weighted by molar-refractivity contribution is 0.185. The van der Waals surface area contributed by atoms with Crippen LogP contribution < -0.4 is 5.32 Å². The number of phenols is 2. The summed E-state index contributed by atoms with van der Waals surface area (Å²) in [6.07, 6.45) is 0. The van der Waals surface area contributed by atoms with Crippen LogP contribution in [0.5, 0.6) is 11.5 Å². The third kappa shape index (κ3) is 3.39. The number of benzene rings is 2. The zero-order valence-corrected chi connectivity index (χ0v) is 10.8. The van der Waals surface area contributed by atoms with Crippen molar-refractivity contribution in [1.82, 2.24) is 0 Å². The Kier molecular flexibility index (Phi) is 4.26. The predicted octanol–water partition coefficient (Wildman–Crippen LogP) is 2.86. The van der Waals surface area contributed by atoms with Crippen molar-refractivity contribution < 1.29 is 14.9 Å². The van der Waals surface area contributed by atoms with Crippen molar-refractivity contribution in [1.29, 1.82) is 0 Å². The largest absolute Gasteiger partial charge is 0.508 e. The third-order valence-electron chi connectivity index (χ3n) is 2.86. The molecule has 0 aliphatic carbocycles. The Hall–Kier alpha value is -2.20. The van der Waals surface area contributed by atoms with Gasteiger partial charge in [-0.2, -0.15) is 0 Å². The number of ether oxygens (including phenoxy) is 1. The Labute approximate surface area is 112 Å². The minimum Gasteiger partial charge on any atom is -0.508 e. The number of aromatic hydroxyl groups is 2. The summed E-state index contributed by atoms with van der Waals surface area (Å²) >= 11 is 0. The van der Waals surface area contributed by atoms with Crippen molar-refractivity contribution in [2.45, 2.75) is 13.2 Å². The molecule has 0 saturated heterocycles. The Morgan fingerprint density at radius 3 is 2.58 bits per heavy atom. The van der Waals surface area contributed by atoms with E-state index in [2.05, 4.69) is 5.32 Å². The van der Waals surface area contributed by atoms with E-state index >= 15 is 0 Å². The van der Waals surface area contributed by atoms with Gasteiger partial charge in [-0.25, -0.2) is 0 Å². The van der Waals surface area contributed by atoms with E-state index in [0.717, 1.165) is 16.8 Å². The first-order valence-electron chi connectivity index (χ1n) is 6.02. The summed E-state index contributed by atoms with van der Waals surface area (Å²) in [4.78, 5) is 0. The standard InChI is InChI=1S/C15H17NO3/c1-19-10-12-4-2-3-5-14(12)16-9-11-6-7-13(17)8-15(11)18/h2-8,16-18H,9-10H2,1H3. The molecule has 2 aromatic rings. The molecule has 0 heterocycles. The van der Waals surface area contributed by atoms with Crippen molar-refractivity contribution in [3.8, 4) is 11.5 Å². The van der Waals surface area contributed by atoms with Gasteiger partial charge in [-0.15, -0.1) is 0 Å². The normalized spacial score (nSPS) is 10.4. The van der Waals surface area contributed by atoms with Crippen molar-refractivity contribution in [3.63, 3.8) is 0 Å². The van der Waals surface area contributed by atoms with Crippen LogP contribution in [0.15, 0.2) is 42.5 Å². The highest BCUT2D eigenvalue weighted by Crippen LogP contribution is 2.24. The van der Waals surface area contributed by atoms with Crippen molar-refractivity contribution in [2.24, 2.45) is 0 Å². The van der Waals surface area contributed by atoms with Crippen LogP contribution in [-0.2, 0) is 17.9 Å². The van der Waals surface area contributed by atoms with E-state index < -0.39 is 0 Å².